The summed E-state index contributed by atoms with van der Waals surface area (Å²) in [5, 5.41) is 14.8. The molecule has 0 radical (unpaired) electrons. The van der Waals surface area contributed by atoms with E-state index in [0.717, 1.165) is 11.9 Å². The Kier molecular flexibility index (Phi) is 5.66. The summed E-state index contributed by atoms with van der Waals surface area (Å²) in [6.07, 6.45) is 1.13. The second kappa shape index (κ2) is 8.31. The largest absolute Gasteiger partial charge is 0.355 e. The predicted octanol–water partition coefficient (Wildman–Crippen LogP) is 3.85. The maximum atomic E-state index is 12.2. The fourth-order valence-electron chi connectivity index (χ4n) is 2.32. The van der Waals surface area contributed by atoms with E-state index < -0.39 is 16.5 Å². The van der Waals surface area contributed by atoms with Gasteiger partial charge in [-0.15, -0.1) is 0 Å². The number of carbonyl (C=O) groups is 1. The van der Waals surface area contributed by atoms with Crippen LogP contribution in [0.5, 0.6) is 0 Å². The van der Waals surface area contributed by atoms with Gasteiger partial charge in [0.05, 0.1) is 15.6 Å². The molecule has 0 unspecified atom stereocenters. The van der Waals surface area contributed by atoms with Crippen molar-refractivity contribution in [1.29, 1.82) is 0 Å². The number of aryl methyl sites for hydroxylation is 1. The predicted molar refractivity (Wildman–Crippen MR) is 106 cm³/mol. The molecule has 0 saturated carbocycles. The summed E-state index contributed by atoms with van der Waals surface area (Å²) in [6, 6.07) is 13.6. The Morgan fingerprint density at radius 2 is 1.75 bits per heavy atom. The number of nitrogens with one attached hydrogen (secondary N) is 3. The number of halogens is 1. The number of hydrazine groups is 1. The van der Waals surface area contributed by atoms with Crippen LogP contribution >= 0.6 is 11.6 Å². The zero-order valence-corrected chi connectivity index (χ0v) is 15.4. The highest BCUT2D eigenvalue weighted by atomic mass is 35.5. The van der Waals surface area contributed by atoms with Crippen molar-refractivity contribution in [1.82, 2.24) is 15.4 Å². The third-order valence-corrected chi connectivity index (χ3v) is 4.07. The van der Waals surface area contributed by atoms with Crippen LogP contribution in [0.3, 0.4) is 0 Å². The zero-order chi connectivity index (χ0) is 20.1. The van der Waals surface area contributed by atoms with Gasteiger partial charge in [0.2, 0.25) is 11.6 Å². The molecule has 0 bridgehead atoms. The van der Waals surface area contributed by atoms with Gasteiger partial charge in [-0.1, -0.05) is 41.4 Å². The molecule has 0 aliphatic heterocycles. The van der Waals surface area contributed by atoms with Crippen molar-refractivity contribution in [2.45, 2.75) is 6.92 Å². The monoisotopic (exact) mass is 398 g/mol. The molecule has 1 amide bonds. The first-order chi connectivity index (χ1) is 13.5. The lowest BCUT2D eigenvalue weighted by molar-refractivity contribution is -0.383. The van der Waals surface area contributed by atoms with E-state index in [1.54, 1.807) is 48.5 Å². The van der Waals surface area contributed by atoms with E-state index in [2.05, 4.69) is 26.1 Å². The SMILES string of the molecule is Cc1ccc(C(=O)NNc2ncnc(Nc3ccccc3Cl)c2[N+](=O)[O-])cc1. The molecule has 3 aromatic rings. The molecular formula is C18H15ClN6O3. The normalized spacial score (nSPS) is 10.2. The Balaban J connectivity index is 1.83. The van der Waals surface area contributed by atoms with Gasteiger partial charge in [-0.05, 0) is 31.2 Å². The van der Waals surface area contributed by atoms with Crippen LogP contribution in [0.15, 0.2) is 54.9 Å². The van der Waals surface area contributed by atoms with Crippen molar-refractivity contribution in [2.24, 2.45) is 0 Å². The van der Waals surface area contributed by atoms with Crippen LogP contribution in [0.25, 0.3) is 0 Å². The van der Waals surface area contributed by atoms with Crippen LogP contribution < -0.4 is 16.2 Å². The number of hydrogen-bond acceptors (Lipinski definition) is 7. The zero-order valence-electron chi connectivity index (χ0n) is 14.6. The van der Waals surface area contributed by atoms with Crippen LogP contribution in [0.2, 0.25) is 5.02 Å². The highest BCUT2D eigenvalue weighted by Crippen LogP contribution is 2.32. The smallest absolute Gasteiger partial charge is 0.333 e. The number of carbonyl (C=O) groups excluding carboxylic acids is 1. The van der Waals surface area contributed by atoms with E-state index in [4.69, 9.17) is 11.6 Å². The minimum atomic E-state index is -0.653. The summed E-state index contributed by atoms with van der Waals surface area (Å²) < 4.78 is 0. The van der Waals surface area contributed by atoms with Crippen molar-refractivity contribution < 1.29 is 9.72 Å². The molecule has 3 N–H and O–H groups in total. The van der Waals surface area contributed by atoms with Gasteiger partial charge in [0, 0.05) is 5.56 Å². The fourth-order valence-corrected chi connectivity index (χ4v) is 2.50. The molecule has 0 saturated heterocycles. The minimum Gasteiger partial charge on any atom is -0.333 e. The van der Waals surface area contributed by atoms with Gasteiger partial charge < -0.3 is 5.32 Å². The third kappa shape index (κ3) is 4.33. The van der Waals surface area contributed by atoms with E-state index in [1.165, 1.54) is 0 Å². The summed E-state index contributed by atoms with van der Waals surface area (Å²) in [6.45, 7) is 1.90. The van der Waals surface area contributed by atoms with Gasteiger partial charge >= 0.3 is 5.69 Å². The Bertz CT molecular complexity index is 1030. The van der Waals surface area contributed by atoms with E-state index >= 15 is 0 Å². The molecule has 3 rings (SSSR count). The molecule has 0 atom stereocenters. The van der Waals surface area contributed by atoms with Gasteiger partial charge in [0.25, 0.3) is 5.91 Å². The van der Waals surface area contributed by atoms with Crippen molar-refractivity contribution >= 4 is 40.5 Å². The molecule has 1 aromatic heterocycles. The van der Waals surface area contributed by atoms with Crippen LogP contribution in [0.4, 0.5) is 23.0 Å². The van der Waals surface area contributed by atoms with E-state index in [1.807, 2.05) is 6.92 Å². The third-order valence-electron chi connectivity index (χ3n) is 3.74. The molecule has 0 aliphatic carbocycles. The van der Waals surface area contributed by atoms with E-state index in [9.17, 15) is 14.9 Å². The van der Waals surface area contributed by atoms with E-state index in [0.29, 0.717) is 16.3 Å². The molecule has 0 fully saturated rings. The summed E-state index contributed by atoms with van der Waals surface area (Å²) >= 11 is 6.08. The van der Waals surface area contributed by atoms with Crippen molar-refractivity contribution in [3.8, 4) is 0 Å². The van der Waals surface area contributed by atoms with Gasteiger partial charge in [0.1, 0.15) is 6.33 Å². The second-order valence-corrected chi connectivity index (χ2v) is 6.13. The van der Waals surface area contributed by atoms with Crippen LogP contribution in [-0.4, -0.2) is 20.8 Å². The molecule has 142 valence electrons. The molecule has 28 heavy (non-hydrogen) atoms. The Labute approximate surface area is 164 Å². The van der Waals surface area contributed by atoms with Gasteiger partial charge in [0.15, 0.2) is 0 Å². The molecule has 0 spiro atoms. The lowest BCUT2D eigenvalue weighted by Gasteiger charge is -2.11. The fraction of sp³-hybridized carbons (Fsp3) is 0.0556. The first-order valence-electron chi connectivity index (χ1n) is 8.09. The van der Waals surface area contributed by atoms with Crippen LogP contribution in [-0.2, 0) is 0 Å². The van der Waals surface area contributed by atoms with Crippen molar-refractivity contribution in [3.63, 3.8) is 0 Å². The first kappa shape index (κ1) is 19.1. The van der Waals surface area contributed by atoms with Crippen molar-refractivity contribution in [3.05, 3.63) is 81.1 Å². The molecule has 2 aromatic carbocycles. The highest BCUT2D eigenvalue weighted by molar-refractivity contribution is 6.33. The average Bonchev–Trinajstić information content (AvgIpc) is 2.68. The number of nitrogens with zero attached hydrogens (tertiary/aromatic N) is 3. The number of benzene rings is 2. The number of para-hydroxylation sites is 1. The standard InChI is InChI=1S/C18H15ClN6O3/c1-11-6-8-12(9-7-11)18(26)24-23-17-15(25(27)28)16(20-10-21-17)22-14-5-3-2-4-13(14)19/h2-10H,1H3,(H,24,26)(H2,20,21,22,23). The molecule has 0 aliphatic rings. The minimum absolute atomic E-state index is 0.0693. The van der Waals surface area contributed by atoms with Gasteiger partial charge in [-0.25, -0.2) is 9.97 Å². The topological polar surface area (TPSA) is 122 Å². The van der Waals surface area contributed by atoms with Gasteiger partial charge in [-0.3, -0.25) is 25.8 Å². The molecule has 10 heteroatoms. The van der Waals surface area contributed by atoms with E-state index in [-0.39, 0.29) is 11.6 Å². The van der Waals surface area contributed by atoms with Crippen molar-refractivity contribution in [2.75, 3.05) is 10.7 Å². The maximum Gasteiger partial charge on any atom is 0.355 e. The summed E-state index contributed by atoms with van der Waals surface area (Å²) in [5.41, 5.74) is 6.28. The second-order valence-electron chi connectivity index (χ2n) is 5.73. The Morgan fingerprint density at radius 3 is 2.43 bits per heavy atom. The average molecular weight is 399 g/mol. The summed E-state index contributed by atoms with van der Waals surface area (Å²) in [5.74, 6) is -0.705. The molecule has 9 nitrogen and oxygen atoms in total. The highest BCUT2D eigenvalue weighted by Gasteiger charge is 2.24. The lowest BCUT2D eigenvalue weighted by Crippen LogP contribution is -2.30. The number of aromatic nitrogens is 2. The first-order valence-corrected chi connectivity index (χ1v) is 8.47. The Morgan fingerprint density at radius 1 is 1.07 bits per heavy atom. The number of anilines is 3. The molecular weight excluding hydrogens is 384 g/mol. The maximum absolute atomic E-state index is 12.2. The van der Waals surface area contributed by atoms with Gasteiger partial charge in [-0.2, -0.15) is 0 Å². The summed E-state index contributed by atoms with van der Waals surface area (Å²) in [7, 11) is 0. The lowest BCUT2D eigenvalue weighted by atomic mass is 10.1. The number of nitro groups is 1. The van der Waals surface area contributed by atoms with Crippen LogP contribution in [0.1, 0.15) is 15.9 Å². The molecule has 1 heterocycles. The summed E-state index contributed by atoms with van der Waals surface area (Å²) in [4.78, 5) is 30.9. The Hall–Kier alpha value is -3.72. The quantitative estimate of drug-likeness (QED) is 0.425. The number of hydrogen-bond donors (Lipinski definition) is 3. The number of amides is 1. The number of rotatable bonds is 6. The van der Waals surface area contributed by atoms with Crippen LogP contribution in [0, 0.1) is 17.0 Å².